The van der Waals surface area contributed by atoms with Crippen molar-refractivity contribution in [2.24, 2.45) is 10.9 Å². The van der Waals surface area contributed by atoms with Crippen LogP contribution < -0.4 is 25.7 Å². The number of hydrogen-bond donors (Lipinski definition) is 3. The number of benzene rings is 2. The van der Waals surface area contributed by atoms with Gasteiger partial charge in [0.25, 0.3) is 5.91 Å². The van der Waals surface area contributed by atoms with Gasteiger partial charge in [0.05, 0.1) is 30.2 Å². The van der Waals surface area contributed by atoms with Crippen LogP contribution in [0.2, 0.25) is 5.02 Å². The zero-order valence-corrected chi connectivity index (χ0v) is 19.0. The van der Waals surface area contributed by atoms with E-state index in [4.69, 9.17) is 44.2 Å². The SMILES string of the molecule is COc1ccc(Cl)cc1C(=O)NCCc1cc(C(N)=S)c(OC)c(C)c1S(N)(=O)=O. The summed E-state index contributed by atoms with van der Waals surface area (Å²) in [4.78, 5) is 12.5. The summed E-state index contributed by atoms with van der Waals surface area (Å²) in [6, 6.07) is 6.18. The van der Waals surface area contributed by atoms with Crippen molar-refractivity contribution in [1.82, 2.24) is 5.32 Å². The number of sulfonamides is 1. The largest absolute Gasteiger partial charge is 0.496 e. The van der Waals surface area contributed by atoms with E-state index in [9.17, 15) is 13.2 Å². The average molecular weight is 472 g/mol. The fourth-order valence-corrected chi connectivity index (χ4v) is 4.51. The highest BCUT2D eigenvalue weighted by molar-refractivity contribution is 7.89. The van der Waals surface area contributed by atoms with Gasteiger partial charge < -0.3 is 20.5 Å². The van der Waals surface area contributed by atoms with Gasteiger partial charge in [0.1, 0.15) is 16.5 Å². The molecule has 11 heteroatoms. The number of carbonyl (C=O) groups is 1. The van der Waals surface area contributed by atoms with Crippen LogP contribution in [-0.4, -0.2) is 40.1 Å². The number of primary sulfonamides is 1. The number of thiocarbonyl (C=S) groups is 1. The van der Waals surface area contributed by atoms with E-state index >= 15 is 0 Å². The Morgan fingerprint density at radius 1 is 1.20 bits per heavy atom. The van der Waals surface area contributed by atoms with Crippen molar-refractivity contribution in [3.05, 3.63) is 51.5 Å². The topological polar surface area (TPSA) is 134 Å². The molecule has 2 rings (SSSR count). The molecule has 0 aliphatic carbocycles. The quantitative estimate of drug-likeness (QED) is 0.500. The summed E-state index contributed by atoms with van der Waals surface area (Å²) in [5.74, 6) is 0.174. The predicted molar refractivity (Wildman–Crippen MR) is 119 cm³/mol. The zero-order chi connectivity index (χ0) is 22.6. The molecule has 2 aromatic carbocycles. The average Bonchev–Trinajstić information content (AvgIpc) is 2.66. The third-order valence-corrected chi connectivity index (χ3v) is 5.97. The van der Waals surface area contributed by atoms with Crippen LogP contribution in [0.4, 0.5) is 0 Å². The number of nitrogens with one attached hydrogen (secondary N) is 1. The molecule has 5 N–H and O–H groups in total. The van der Waals surface area contributed by atoms with Crippen LogP contribution >= 0.6 is 23.8 Å². The molecule has 0 atom stereocenters. The summed E-state index contributed by atoms with van der Waals surface area (Å²) < 4.78 is 34.9. The van der Waals surface area contributed by atoms with Crippen molar-refractivity contribution in [3.63, 3.8) is 0 Å². The van der Waals surface area contributed by atoms with E-state index in [1.807, 2.05) is 0 Å². The molecule has 1 amide bonds. The number of nitrogens with two attached hydrogens (primary N) is 2. The lowest BCUT2D eigenvalue weighted by Gasteiger charge is -2.18. The Labute approximate surface area is 185 Å². The summed E-state index contributed by atoms with van der Waals surface area (Å²) in [6.45, 7) is 1.67. The second-order valence-electron chi connectivity index (χ2n) is 6.33. The van der Waals surface area contributed by atoms with Gasteiger partial charge in [-0.15, -0.1) is 0 Å². The van der Waals surface area contributed by atoms with Crippen molar-refractivity contribution >= 4 is 44.7 Å². The Balaban J connectivity index is 2.36. The minimum atomic E-state index is -4.07. The number of halogens is 1. The Morgan fingerprint density at radius 3 is 2.40 bits per heavy atom. The van der Waals surface area contributed by atoms with Crippen LogP contribution in [-0.2, 0) is 16.4 Å². The third kappa shape index (κ3) is 5.20. The highest BCUT2D eigenvalue weighted by Gasteiger charge is 2.24. The van der Waals surface area contributed by atoms with Gasteiger partial charge in [-0.25, -0.2) is 13.6 Å². The van der Waals surface area contributed by atoms with Crippen LogP contribution in [0.25, 0.3) is 0 Å². The first kappa shape index (κ1) is 23.9. The first-order valence-electron chi connectivity index (χ1n) is 8.66. The Hall–Kier alpha value is -2.40. The maximum absolute atomic E-state index is 12.5. The number of ether oxygens (including phenoxy) is 2. The number of methoxy groups -OCH3 is 2. The highest BCUT2D eigenvalue weighted by Crippen LogP contribution is 2.32. The first-order chi connectivity index (χ1) is 14.0. The van der Waals surface area contributed by atoms with E-state index in [-0.39, 0.29) is 34.2 Å². The predicted octanol–water partition coefficient (Wildman–Crippen LogP) is 1.92. The molecule has 0 aliphatic heterocycles. The van der Waals surface area contributed by atoms with E-state index in [1.54, 1.807) is 19.1 Å². The monoisotopic (exact) mass is 471 g/mol. The number of hydrogen-bond acceptors (Lipinski definition) is 6. The Kier molecular flexibility index (Phi) is 7.64. The van der Waals surface area contributed by atoms with Gasteiger partial charge in [-0.05, 0) is 43.2 Å². The van der Waals surface area contributed by atoms with Gasteiger partial charge in [0.2, 0.25) is 10.0 Å². The van der Waals surface area contributed by atoms with Gasteiger partial charge in [0.15, 0.2) is 0 Å². The zero-order valence-electron chi connectivity index (χ0n) is 16.6. The van der Waals surface area contributed by atoms with Gasteiger partial charge in [-0.1, -0.05) is 23.8 Å². The summed E-state index contributed by atoms with van der Waals surface area (Å²) >= 11 is 11.0. The Morgan fingerprint density at radius 2 is 1.87 bits per heavy atom. The molecule has 0 aromatic heterocycles. The van der Waals surface area contributed by atoms with E-state index < -0.39 is 15.9 Å². The molecule has 0 radical (unpaired) electrons. The molecule has 8 nitrogen and oxygen atoms in total. The number of amides is 1. The van der Waals surface area contributed by atoms with Crippen LogP contribution in [0.5, 0.6) is 11.5 Å². The van der Waals surface area contributed by atoms with Crippen LogP contribution in [0, 0.1) is 6.92 Å². The lowest BCUT2D eigenvalue weighted by atomic mass is 10.0. The molecule has 30 heavy (non-hydrogen) atoms. The van der Waals surface area contributed by atoms with Crippen molar-refractivity contribution in [3.8, 4) is 11.5 Å². The number of carbonyl (C=O) groups excluding carboxylic acids is 1. The summed E-state index contributed by atoms with van der Waals surface area (Å²) in [6.07, 6.45) is 0.154. The maximum atomic E-state index is 12.5. The highest BCUT2D eigenvalue weighted by atomic mass is 35.5. The van der Waals surface area contributed by atoms with E-state index in [0.717, 1.165) is 0 Å². The standard InChI is InChI=1S/C19H22ClN3O5S2/c1-10-16(28-3)14(18(21)29)8-11(17(10)30(22,25)26)6-7-23-19(24)13-9-12(20)4-5-15(13)27-2/h4-5,8-9H,6-7H2,1-3H3,(H2,21,29)(H,23,24)(H2,22,25,26). The second-order valence-corrected chi connectivity index (χ2v) is 8.70. The van der Waals surface area contributed by atoms with Crippen molar-refractivity contribution in [2.75, 3.05) is 20.8 Å². The molecule has 0 saturated carbocycles. The third-order valence-electron chi connectivity index (χ3n) is 4.38. The number of rotatable bonds is 8. The first-order valence-corrected chi connectivity index (χ1v) is 11.0. The minimum Gasteiger partial charge on any atom is -0.496 e. The van der Waals surface area contributed by atoms with Gasteiger partial charge >= 0.3 is 0 Å². The van der Waals surface area contributed by atoms with Gasteiger partial charge in [-0.2, -0.15) is 0 Å². The summed E-state index contributed by atoms with van der Waals surface area (Å²) in [5, 5.41) is 8.51. The normalized spacial score (nSPS) is 11.1. The molecule has 0 fully saturated rings. The molecule has 0 bridgehead atoms. The summed E-state index contributed by atoms with van der Waals surface area (Å²) in [5.41, 5.74) is 7.05. The molecule has 0 spiro atoms. The van der Waals surface area contributed by atoms with E-state index in [2.05, 4.69) is 5.32 Å². The molecule has 0 heterocycles. The van der Waals surface area contributed by atoms with E-state index in [0.29, 0.717) is 27.5 Å². The van der Waals surface area contributed by atoms with Crippen molar-refractivity contribution in [2.45, 2.75) is 18.2 Å². The lowest BCUT2D eigenvalue weighted by molar-refractivity contribution is 0.0951. The molecule has 0 saturated heterocycles. The molecular formula is C19H22ClN3O5S2. The molecule has 0 aliphatic rings. The molecule has 2 aromatic rings. The Bertz CT molecular complexity index is 1100. The maximum Gasteiger partial charge on any atom is 0.255 e. The minimum absolute atomic E-state index is 0.0462. The smallest absolute Gasteiger partial charge is 0.255 e. The molecule has 162 valence electrons. The van der Waals surface area contributed by atoms with Crippen molar-refractivity contribution < 1.29 is 22.7 Å². The summed E-state index contributed by atoms with van der Waals surface area (Å²) in [7, 11) is -1.25. The van der Waals surface area contributed by atoms with Crippen LogP contribution in [0.1, 0.15) is 27.0 Å². The lowest BCUT2D eigenvalue weighted by Crippen LogP contribution is -2.27. The molecule has 0 unspecified atom stereocenters. The van der Waals surface area contributed by atoms with Crippen molar-refractivity contribution in [1.29, 1.82) is 0 Å². The van der Waals surface area contributed by atoms with Gasteiger partial charge in [-0.3, -0.25) is 4.79 Å². The fraction of sp³-hybridized carbons (Fsp3) is 0.263. The van der Waals surface area contributed by atoms with Crippen LogP contribution in [0.3, 0.4) is 0 Å². The fourth-order valence-electron chi connectivity index (χ4n) is 3.14. The molecular weight excluding hydrogens is 450 g/mol. The van der Waals surface area contributed by atoms with Gasteiger partial charge in [0, 0.05) is 17.1 Å². The van der Waals surface area contributed by atoms with Crippen LogP contribution in [0.15, 0.2) is 29.2 Å². The second kappa shape index (κ2) is 9.61. The van der Waals surface area contributed by atoms with E-state index in [1.165, 1.54) is 26.4 Å².